The molecule has 0 unspecified atom stereocenters. The summed E-state index contributed by atoms with van der Waals surface area (Å²) in [4.78, 5) is 15.8. The highest BCUT2D eigenvalue weighted by Gasteiger charge is 2.08. The first kappa shape index (κ1) is 14.8. The number of carbonyl (C=O) groups is 1. The van der Waals surface area contributed by atoms with Crippen LogP contribution in [0.1, 0.15) is 25.5 Å². The summed E-state index contributed by atoms with van der Waals surface area (Å²) in [6, 6.07) is 7.97. The van der Waals surface area contributed by atoms with Crippen LogP contribution < -0.4 is 5.32 Å². The molecule has 1 amide bonds. The van der Waals surface area contributed by atoms with Crippen LogP contribution in [0.2, 0.25) is 0 Å². The van der Waals surface area contributed by atoms with Gasteiger partial charge in [0.15, 0.2) is 0 Å². The van der Waals surface area contributed by atoms with Crippen LogP contribution in [0.5, 0.6) is 0 Å². The molecule has 0 spiro atoms. The minimum atomic E-state index is -0.103. The summed E-state index contributed by atoms with van der Waals surface area (Å²) in [6.07, 6.45) is 12.3. The summed E-state index contributed by atoms with van der Waals surface area (Å²) >= 11 is 0. The molecule has 2 aromatic rings. The van der Waals surface area contributed by atoms with Crippen molar-refractivity contribution in [3.05, 3.63) is 72.9 Å². The van der Waals surface area contributed by atoms with Crippen molar-refractivity contribution in [1.82, 2.24) is 14.9 Å². The fraction of sp³-hybridized carbons (Fsp3) is 0.176. The van der Waals surface area contributed by atoms with Gasteiger partial charge in [-0.3, -0.25) is 4.79 Å². The van der Waals surface area contributed by atoms with Gasteiger partial charge < -0.3 is 9.88 Å². The van der Waals surface area contributed by atoms with Gasteiger partial charge >= 0.3 is 0 Å². The molecule has 1 aromatic carbocycles. The fourth-order valence-electron chi connectivity index (χ4n) is 1.97. The van der Waals surface area contributed by atoms with E-state index in [0.717, 1.165) is 11.3 Å². The summed E-state index contributed by atoms with van der Waals surface area (Å²) in [5.41, 5.74) is 2.07. The van der Waals surface area contributed by atoms with Gasteiger partial charge in [-0.05, 0) is 31.5 Å². The van der Waals surface area contributed by atoms with Crippen LogP contribution in [-0.4, -0.2) is 15.5 Å². The molecular formula is C17H19N3O. The second-order valence-electron chi connectivity index (χ2n) is 4.68. The van der Waals surface area contributed by atoms with Gasteiger partial charge in [0.25, 0.3) is 0 Å². The minimum Gasteiger partial charge on any atom is -0.346 e. The number of carbonyl (C=O) groups excluding carboxylic acids is 1. The van der Waals surface area contributed by atoms with E-state index >= 15 is 0 Å². The molecule has 1 heterocycles. The predicted molar refractivity (Wildman–Crippen MR) is 84.1 cm³/mol. The second kappa shape index (κ2) is 7.24. The van der Waals surface area contributed by atoms with Crippen molar-refractivity contribution in [3.63, 3.8) is 0 Å². The van der Waals surface area contributed by atoms with E-state index in [0.29, 0.717) is 0 Å². The lowest BCUT2D eigenvalue weighted by molar-refractivity contribution is -0.117. The Morgan fingerprint density at radius 3 is 2.95 bits per heavy atom. The molecule has 4 nitrogen and oxygen atoms in total. The first-order chi connectivity index (χ1) is 10.2. The van der Waals surface area contributed by atoms with E-state index in [1.54, 1.807) is 18.6 Å². The molecule has 0 aliphatic rings. The molecule has 2 rings (SSSR count). The Balaban J connectivity index is 2.07. The number of hydrogen-bond acceptors (Lipinski definition) is 2. The fourth-order valence-corrected chi connectivity index (χ4v) is 1.97. The summed E-state index contributed by atoms with van der Waals surface area (Å²) in [5, 5.41) is 2.94. The molecule has 0 bridgehead atoms. The van der Waals surface area contributed by atoms with Crippen molar-refractivity contribution in [2.45, 2.75) is 19.9 Å². The Morgan fingerprint density at radius 2 is 2.24 bits per heavy atom. The molecule has 0 aliphatic heterocycles. The van der Waals surface area contributed by atoms with Crippen molar-refractivity contribution in [3.8, 4) is 5.69 Å². The lowest BCUT2D eigenvalue weighted by Gasteiger charge is -2.14. The van der Waals surface area contributed by atoms with Gasteiger partial charge in [0, 0.05) is 24.2 Å². The Hall–Kier alpha value is -2.62. The summed E-state index contributed by atoms with van der Waals surface area (Å²) in [7, 11) is 0. The highest BCUT2D eigenvalue weighted by Crippen LogP contribution is 2.16. The number of nitrogens with zero attached hydrogens (tertiary/aromatic N) is 2. The van der Waals surface area contributed by atoms with Gasteiger partial charge in [0.2, 0.25) is 5.91 Å². The average molecular weight is 281 g/mol. The smallest absolute Gasteiger partial charge is 0.244 e. The van der Waals surface area contributed by atoms with Crippen molar-refractivity contribution in [2.24, 2.45) is 0 Å². The number of hydrogen-bond donors (Lipinski definition) is 1. The average Bonchev–Trinajstić information content (AvgIpc) is 3.02. The number of amides is 1. The van der Waals surface area contributed by atoms with E-state index in [4.69, 9.17) is 0 Å². The molecule has 0 saturated carbocycles. The lowest BCUT2D eigenvalue weighted by Crippen LogP contribution is -2.24. The van der Waals surface area contributed by atoms with Gasteiger partial charge in [-0.25, -0.2) is 4.98 Å². The van der Waals surface area contributed by atoms with Gasteiger partial charge in [-0.2, -0.15) is 0 Å². The quantitative estimate of drug-likeness (QED) is 0.676. The summed E-state index contributed by atoms with van der Waals surface area (Å²) in [6.45, 7) is 3.88. The summed E-state index contributed by atoms with van der Waals surface area (Å²) < 4.78 is 1.93. The third-order valence-corrected chi connectivity index (χ3v) is 3.08. The standard InChI is InChI=1S/C17H19N3O/c1-3-4-5-9-17(21)19-14(2)15-7-6-8-16(12-15)20-11-10-18-13-20/h3-14H,1-2H3,(H,19,21)/b4-3+,9-5-/t14-/m0/s1. The topological polar surface area (TPSA) is 46.9 Å². The zero-order valence-corrected chi connectivity index (χ0v) is 12.2. The first-order valence-corrected chi connectivity index (χ1v) is 6.89. The highest BCUT2D eigenvalue weighted by molar-refractivity contribution is 5.88. The van der Waals surface area contributed by atoms with Crippen molar-refractivity contribution in [2.75, 3.05) is 0 Å². The molecule has 21 heavy (non-hydrogen) atoms. The molecule has 0 radical (unpaired) electrons. The third kappa shape index (κ3) is 4.18. The number of benzene rings is 1. The SMILES string of the molecule is C/C=C/C=C\C(=O)N[C@@H](C)c1cccc(-n2ccnc2)c1. The van der Waals surface area contributed by atoms with E-state index in [9.17, 15) is 4.79 Å². The van der Waals surface area contributed by atoms with Gasteiger partial charge in [0.1, 0.15) is 0 Å². The van der Waals surface area contributed by atoms with Crippen molar-refractivity contribution in [1.29, 1.82) is 0 Å². The largest absolute Gasteiger partial charge is 0.346 e. The maximum atomic E-state index is 11.8. The van der Waals surface area contributed by atoms with Crippen LogP contribution in [0.25, 0.3) is 5.69 Å². The van der Waals surface area contributed by atoms with E-state index in [2.05, 4.69) is 10.3 Å². The first-order valence-electron chi connectivity index (χ1n) is 6.89. The number of aromatic nitrogens is 2. The van der Waals surface area contributed by atoms with Crippen LogP contribution in [0, 0.1) is 0 Å². The van der Waals surface area contributed by atoms with E-state index < -0.39 is 0 Å². The molecule has 1 atom stereocenters. The molecule has 0 fully saturated rings. The summed E-state index contributed by atoms with van der Waals surface area (Å²) in [5.74, 6) is -0.103. The maximum Gasteiger partial charge on any atom is 0.244 e. The van der Waals surface area contributed by atoms with E-state index in [1.807, 2.05) is 61.0 Å². The van der Waals surface area contributed by atoms with Crippen LogP contribution >= 0.6 is 0 Å². The Kier molecular flexibility index (Phi) is 5.10. The van der Waals surface area contributed by atoms with E-state index in [-0.39, 0.29) is 11.9 Å². The Labute approximate surface area is 124 Å². The minimum absolute atomic E-state index is 0.0590. The Bertz CT molecular complexity index is 642. The predicted octanol–water partition coefficient (Wildman–Crippen LogP) is 3.18. The Morgan fingerprint density at radius 1 is 1.38 bits per heavy atom. The normalized spacial score (nSPS) is 12.9. The maximum absolute atomic E-state index is 11.8. The number of nitrogens with one attached hydrogen (secondary N) is 1. The highest BCUT2D eigenvalue weighted by atomic mass is 16.1. The number of rotatable bonds is 5. The molecule has 1 N–H and O–H groups in total. The molecule has 0 saturated heterocycles. The molecular weight excluding hydrogens is 262 g/mol. The zero-order valence-electron chi connectivity index (χ0n) is 12.2. The third-order valence-electron chi connectivity index (χ3n) is 3.08. The number of imidazole rings is 1. The van der Waals surface area contributed by atoms with Crippen molar-refractivity contribution < 1.29 is 4.79 Å². The molecule has 108 valence electrons. The molecule has 4 heteroatoms. The molecule has 1 aromatic heterocycles. The van der Waals surface area contributed by atoms with Crippen LogP contribution in [0.3, 0.4) is 0 Å². The lowest BCUT2D eigenvalue weighted by atomic mass is 10.1. The monoisotopic (exact) mass is 281 g/mol. The van der Waals surface area contributed by atoms with Gasteiger partial charge in [0.05, 0.1) is 12.4 Å². The number of allylic oxidation sites excluding steroid dienone is 3. The second-order valence-corrected chi connectivity index (χ2v) is 4.68. The van der Waals surface area contributed by atoms with Gasteiger partial charge in [-0.1, -0.05) is 30.4 Å². The van der Waals surface area contributed by atoms with Crippen LogP contribution in [0.15, 0.2) is 67.3 Å². The van der Waals surface area contributed by atoms with Crippen LogP contribution in [-0.2, 0) is 4.79 Å². The van der Waals surface area contributed by atoms with Crippen molar-refractivity contribution >= 4 is 5.91 Å². The van der Waals surface area contributed by atoms with E-state index in [1.165, 1.54) is 6.08 Å². The van der Waals surface area contributed by atoms with Gasteiger partial charge in [-0.15, -0.1) is 0 Å². The zero-order chi connectivity index (χ0) is 15.1. The van der Waals surface area contributed by atoms with Crippen LogP contribution in [0.4, 0.5) is 0 Å². The molecule has 0 aliphatic carbocycles.